The number of nitrogens with zero attached hydrogens (tertiary/aromatic N) is 2. The number of fused-ring (bicyclic) bond motifs is 1. The largest absolute Gasteiger partial charge is 0.325 e. The maximum atomic E-state index is 12.4. The van der Waals surface area contributed by atoms with Gasteiger partial charge in [0.25, 0.3) is 5.56 Å². The Kier molecular flexibility index (Phi) is 5.35. The van der Waals surface area contributed by atoms with Crippen LogP contribution in [0.25, 0.3) is 10.9 Å². The topological polar surface area (TPSA) is 78.1 Å². The molecule has 0 bridgehead atoms. The Labute approximate surface area is 155 Å². The Bertz CT molecular complexity index is 985. The number of likely N-dealkylation sites (N-methyl/N-ethyl adjacent to an activating group) is 1. The van der Waals surface area contributed by atoms with Crippen LogP contribution in [0.1, 0.15) is 12.7 Å². The molecule has 0 unspecified atom stereocenters. The number of carbonyl (C=O) groups is 1. The Balaban J connectivity index is 1.70. The number of amides is 1. The summed E-state index contributed by atoms with van der Waals surface area (Å²) in [5.74, 6) is 0.361. The van der Waals surface area contributed by atoms with Crippen molar-refractivity contribution in [3.05, 3.63) is 69.7 Å². The van der Waals surface area contributed by atoms with Crippen molar-refractivity contribution in [2.45, 2.75) is 19.5 Å². The van der Waals surface area contributed by atoms with Gasteiger partial charge in [-0.05, 0) is 50.4 Å². The molecule has 3 rings (SSSR count). The van der Waals surface area contributed by atoms with Crippen molar-refractivity contribution >= 4 is 34.1 Å². The minimum atomic E-state index is -0.414. The molecule has 1 aromatic heterocycles. The van der Waals surface area contributed by atoms with Crippen molar-refractivity contribution in [2.75, 3.05) is 12.4 Å². The number of nitrogens with one attached hydrogen (secondary N) is 2. The summed E-state index contributed by atoms with van der Waals surface area (Å²) in [6.45, 7) is 2.14. The number of carbonyl (C=O) groups excluding carboxylic acids is 1. The van der Waals surface area contributed by atoms with E-state index in [1.165, 1.54) is 0 Å². The number of aromatic nitrogens is 2. The van der Waals surface area contributed by atoms with Gasteiger partial charge in [-0.2, -0.15) is 0 Å². The van der Waals surface area contributed by atoms with Crippen LogP contribution in [0.15, 0.2) is 53.3 Å². The molecule has 0 fully saturated rings. The van der Waals surface area contributed by atoms with Gasteiger partial charge < -0.3 is 10.3 Å². The average molecular weight is 371 g/mol. The first-order chi connectivity index (χ1) is 12.4. The van der Waals surface area contributed by atoms with Crippen LogP contribution in [0.3, 0.4) is 0 Å². The van der Waals surface area contributed by atoms with Crippen molar-refractivity contribution < 1.29 is 4.79 Å². The Morgan fingerprint density at radius 3 is 2.65 bits per heavy atom. The van der Waals surface area contributed by atoms with E-state index in [0.29, 0.717) is 34.0 Å². The molecular formula is C19H19ClN4O2. The zero-order valence-corrected chi connectivity index (χ0v) is 15.2. The minimum absolute atomic E-state index is 0.155. The molecule has 7 heteroatoms. The number of H-pyrrole nitrogens is 1. The number of anilines is 1. The van der Waals surface area contributed by atoms with E-state index in [1.54, 1.807) is 56.4 Å². The molecule has 0 saturated heterocycles. The summed E-state index contributed by atoms with van der Waals surface area (Å²) in [5.41, 5.74) is 1.13. The molecule has 0 aliphatic carbocycles. The van der Waals surface area contributed by atoms with Crippen LogP contribution in [-0.4, -0.2) is 33.9 Å². The van der Waals surface area contributed by atoms with Crippen molar-refractivity contribution in [2.24, 2.45) is 0 Å². The normalized spacial score (nSPS) is 12.3. The highest BCUT2D eigenvalue weighted by Crippen LogP contribution is 2.14. The van der Waals surface area contributed by atoms with Gasteiger partial charge in [0.05, 0.1) is 23.5 Å². The highest BCUT2D eigenvalue weighted by molar-refractivity contribution is 6.30. The molecule has 1 atom stereocenters. The summed E-state index contributed by atoms with van der Waals surface area (Å²) >= 11 is 5.85. The first-order valence-corrected chi connectivity index (χ1v) is 8.56. The summed E-state index contributed by atoms with van der Waals surface area (Å²) < 4.78 is 0. The lowest BCUT2D eigenvalue weighted by molar-refractivity contribution is -0.120. The van der Waals surface area contributed by atoms with Crippen molar-refractivity contribution in [3.8, 4) is 0 Å². The second-order valence-corrected chi connectivity index (χ2v) is 6.55. The molecule has 0 saturated carbocycles. The van der Waals surface area contributed by atoms with Crippen LogP contribution in [0.4, 0.5) is 5.69 Å². The van der Waals surface area contributed by atoms with E-state index in [9.17, 15) is 9.59 Å². The molecular weight excluding hydrogens is 352 g/mol. The zero-order chi connectivity index (χ0) is 18.7. The van der Waals surface area contributed by atoms with Gasteiger partial charge in [0.1, 0.15) is 5.82 Å². The van der Waals surface area contributed by atoms with Crippen LogP contribution >= 0.6 is 11.6 Å². The summed E-state index contributed by atoms with van der Waals surface area (Å²) in [6.07, 6.45) is 0. The summed E-state index contributed by atoms with van der Waals surface area (Å²) in [7, 11) is 1.81. The third kappa shape index (κ3) is 4.09. The summed E-state index contributed by atoms with van der Waals surface area (Å²) in [4.78, 5) is 33.6. The summed E-state index contributed by atoms with van der Waals surface area (Å²) in [6, 6.07) is 13.7. The van der Waals surface area contributed by atoms with Crippen LogP contribution in [0.2, 0.25) is 5.02 Å². The quantitative estimate of drug-likeness (QED) is 0.723. The number of halogens is 1. The number of rotatable bonds is 5. The van der Waals surface area contributed by atoms with Gasteiger partial charge in [-0.1, -0.05) is 23.7 Å². The molecule has 2 aromatic carbocycles. The highest BCUT2D eigenvalue weighted by Gasteiger charge is 2.19. The van der Waals surface area contributed by atoms with Gasteiger partial charge in [-0.3, -0.25) is 14.5 Å². The van der Waals surface area contributed by atoms with Gasteiger partial charge >= 0.3 is 0 Å². The first-order valence-electron chi connectivity index (χ1n) is 8.18. The first kappa shape index (κ1) is 18.1. The molecule has 0 radical (unpaired) electrons. The molecule has 0 aliphatic heterocycles. The Morgan fingerprint density at radius 1 is 1.23 bits per heavy atom. The lowest BCUT2D eigenvalue weighted by Gasteiger charge is -2.23. The average Bonchev–Trinajstić information content (AvgIpc) is 2.63. The lowest BCUT2D eigenvalue weighted by Crippen LogP contribution is -2.39. The Morgan fingerprint density at radius 2 is 1.92 bits per heavy atom. The SMILES string of the molecule is C[C@H](C(=O)Nc1ccc(Cl)cc1)N(C)Cc1nc2ccccc2c(=O)[nH]1. The van der Waals surface area contributed by atoms with Gasteiger partial charge in [0.15, 0.2) is 0 Å². The van der Waals surface area contributed by atoms with E-state index in [4.69, 9.17) is 11.6 Å². The smallest absolute Gasteiger partial charge is 0.258 e. The standard InChI is InChI=1S/C19H19ClN4O2/c1-12(18(25)21-14-9-7-13(20)8-10-14)24(2)11-17-22-16-6-4-3-5-15(16)19(26)23-17/h3-10,12H,11H2,1-2H3,(H,21,25)(H,22,23,26)/t12-/m1/s1. The molecule has 134 valence electrons. The fourth-order valence-corrected chi connectivity index (χ4v) is 2.69. The van der Waals surface area contributed by atoms with Gasteiger partial charge in [-0.25, -0.2) is 4.98 Å². The molecule has 1 amide bonds. The van der Waals surface area contributed by atoms with Crippen LogP contribution in [-0.2, 0) is 11.3 Å². The second kappa shape index (κ2) is 7.68. The minimum Gasteiger partial charge on any atom is -0.325 e. The number of benzene rings is 2. The van der Waals surface area contributed by atoms with Gasteiger partial charge in [0, 0.05) is 10.7 Å². The van der Waals surface area contributed by atoms with Crippen LogP contribution < -0.4 is 10.9 Å². The fraction of sp³-hybridized carbons (Fsp3) is 0.211. The zero-order valence-electron chi connectivity index (χ0n) is 14.5. The predicted molar refractivity (Wildman–Crippen MR) is 103 cm³/mol. The second-order valence-electron chi connectivity index (χ2n) is 6.12. The van der Waals surface area contributed by atoms with Gasteiger partial charge in [0.2, 0.25) is 5.91 Å². The van der Waals surface area contributed by atoms with Crippen LogP contribution in [0.5, 0.6) is 0 Å². The predicted octanol–water partition coefficient (Wildman–Crippen LogP) is 3.04. The molecule has 0 aliphatic rings. The molecule has 0 spiro atoms. The fourth-order valence-electron chi connectivity index (χ4n) is 2.56. The van der Waals surface area contributed by atoms with E-state index >= 15 is 0 Å². The van der Waals surface area contributed by atoms with Gasteiger partial charge in [-0.15, -0.1) is 0 Å². The highest BCUT2D eigenvalue weighted by atomic mass is 35.5. The van der Waals surface area contributed by atoms with Crippen molar-refractivity contribution in [1.82, 2.24) is 14.9 Å². The van der Waals surface area contributed by atoms with E-state index in [0.717, 1.165) is 0 Å². The lowest BCUT2D eigenvalue weighted by atomic mass is 10.2. The molecule has 26 heavy (non-hydrogen) atoms. The number of hydrogen-bond donors (Lipinski definition) is 2. The maximum Gasteiger partial charge on any atom is 0.258 e. The molecule has 2 N–H and O–H groups in total. The molecule has 1 heterocycles. The summed E-state index contributed by atoms with van der Waals surface area (Å²) in [5, 5.41) is 4.00. The third-order valence-electron chi connectivity index (χ3n) is 4.21. The number of hydrogen-bond acceptors (Lipinski definition) is 4. The van der Waals surface area contributed by atoms with E-state index in [2.05, 4.69) is 15.3 Å². The van der Waals surface area contributed by atoms with Crippen molar-refractivity contribution in [1.29, 1.82) is 0 Å². The van der Waals surface area contributed by atoms with E-state index < -0.39 is 6.04 Å². The number of para-hydroxylation sites is 1. The van der Waals surface area contributed by atoms with Crippen LogP contribution in [0, 0.1) is 0 Å². The van der Waals surface area contributed by atoms with E-state index in [1.807, 2.05) is 11.0 Å². The third-order valence-corrected chi connectivity index (χ3v) is 4.47. The molecule has 6 nitrogen and oxygen atoms in total. The Hall–Kier alpha value is -2.70. The molecule has 3 aromatic rings. The van der Waals surface area contributed by atoms with E-state index in [-0.39, 0.29) is 11.5 Å². The van der Waals surface area contributed by atoms with Crippen molar-refractivity contribution in [3.63, 3.8) is 0 Å². The number of aromatic amines is 1. The monoisotopic (exact) mass is 370 g/mol. The maximum absolute atomic E-state index is 12.4.